The van der Waals surface area contributed by atoms with E-state index in [-0.39, 0.29) is 5.78 Å². The van der Waals surface area contributed by atoms with Gasteiger partial charge in [0.2, 0.25) is 5.95 Å². The van der Waals surface area contributed by atoms with Crippen LogP contribution in [0.3, 0.4) is 0 Å². The van der Waals surface area contributed by atoms with Gasteiger partial charge in [-0.1, -0.05) is 12.1 Å². The standard InChI is InChI=1S/C18H17N3O2S/c1-11(22)13-4-3-5-14(10-13)20-18-19-9-8-15(21-18)17-7-6-16(24-17)12(2)23/h3-11,22H,1-2H3,(H,19,20,21). The SMILES string of the molecule is CC(=O)c1ccc(-c2ccnc(Nc3cccc(C(C)O)c3)n2)s1. The molecule has 2 N–H and O–H groups in total. The van der Waals surface area contributed by atoms with Crippen LogP contribution in [0.1, 0.15) is 35.2 Å². The Morgan fingerprint density at radius 2 is 2.08 bits per heavy atom. The Morgan fingerprint density at radius 1 is 1.25 bits per heavy atom. The Labute approximate surface area is 144 Å². The summed E-state index contributed by atoms with van der Waals surface area (Å²) < 4.78 is 0. The molecule has 122 valence electrons. The number of hydrogen-bond acceptors (Lipinski definition) is 6. The van der Waals surface area contributed by atoms with Crippen molar-refractivity contribution in [3.63, 3.8) is 0 Å². The van der Waals surface area contributed by atoms with Crippen molar-refractivity contribution in [2.75, 3.05) is 5.32 Å². The van der Waals surface area contributed by atoms with Crippen LogP contribution in [0.25, 0.3) is 10.6 Å². The largest absolute Gasteiger partial charge is 0.389 e. The maximum Gasteiger partial charge on any atom is 0.227 e. The van der Waals surface area contributed by atoms with Gasteiger partial charge in [0.1, 0.15) is 0 Å². The maximum absolute atomic E-state index is 11.4. The van der Waals surface area contributed by atoms with Crippen molar-refractivity contribution in [3.8, 4) is 10.6 Å². The van der Waals surface area contributed by atoms with Crippen molar-refractivity contribution in [1.82, 2.24) is 9.97 Å². The molecule has 0 saturated heterocycles. The van der Waals surface area contributed by atoms with Gasteiger partial charge in [0.05, 0.1) is 21.6 Å². The zero-order valence-corrected chi connectivity index (χ0v) is 14.2. The summed E-state index contributed by atoms with van der Waals surface area (Å²) in [4.78, 5) is 21.8. The van der Waals surface area contributed by atoms with E-state index < -0.39 is 6.10 Å². The zero-order valence-electron chi connectivity index (χ0n) is 13.4. The maximum atomic E-state index is 11.4. The number of hydrogen-bond donors (Lipinski definition) is 2. The number of benzene rings is 1. The van der Waals surface area contributed by atoms with Gasteiger partial charge in [-0.2, -0.15) is 0 Å². The fraction of sp³-hybridized carbons (Fsp3) is 0.167. The normalized spacial score (nSPS) is 12.0. The van der Waals surface area contributed by atoms with E-state index in [2.05, 4.69) is 15.3 Å². The van der Waals surface area contributed by atoms with Crippen LogP contribution in [-0.2, 0) is 0 Å². The quantitative estimate of drug-likeness (QED) is 0.681. The third-order valence-corrected chi connectivity index (χ3v) is 4.69. The predicted molar refractivity (Wildman–Crippen MR) is 95.7 cm³/mol. The predicted octanol–water partition coefficient (Wildman–Crippen LogP) is 4.20. The number of rotatable bonds is 5. The third-order valence-electron chi connectivity index (χ3n) is 3.49. The molecule has 0 saturated carbocycles. The lowest BCUT2D eigenvalue weighted by Crippen LogP contribution is -1.99. The highest BCUT2D eigenvalue weighted by Gasteiger charge is 2.09. The summed E-state index contributed by atoms with van der Waals surface area (Å²) in [5.41, 5.74) is 2.39. The molecular weight excluding hydrogens is 322 g/mol. The van der Waals surface area contributed by atoms with Crippen LogP contribution in [0, 0.1) is 0 Å². The van der Waals surface area contributed by atoms with Gasteiger partial charge in [-0.3, -0.25) is 4.79 Å². The summed E-state index contributed by atoms with van der Waals surface area (Å²) in [6.07, 6.45) is 1.14. The molecule has 24 heavy (non-hydrogen) atoms. The average Bonchev–Trinajstić information content (AvgIpc) is 3.06. The number of ketones is 1. The Balaban J connectivity index is 1.85. The van der Waals surface area contributed by atoms with Gasteiger partial charge in [-0.05, 0) is 49.7 Å². The van der Waals surface area contributed by atoms with Crippen LogP contribution in [-0.4, -0.2) is 20.9 Å². The monoisotopic (exact) mass is 339 g/mol. The van der Waals surface area contributed by atoms with Gasteiger partial charge in [-0.15, -0.1) is 11.3 Å². The first kappa shape index (κ1) is 16.3. The molecule has 2 heterocycles. The second-order valence-electron chi connectivity index (χ2n) is 5.41. The molecule has 3 aromatic rings. The molecule has 0 bridgehead atoms. The molecule has 0 aliphatic carbocycles. The van der Waals surface area contributed by atoms with Crippen molar-refractivity contribution in [1.29, 1.82) is 0 Å². The summed E-state index contributed by atoms with van der Waals surface area (Å²) in [7, 11) is 0. The van der Waals surface area contributed by atoms with Crippen molar-refractivity contribution in [2.24, 2.45) is 0 Å². The number of anilines is 2. The fourth-order valence-electron chi connectivity index (χ4n) is 2.23. The van der Waals surface area contributed by atoms with Crippen LogP contribution in [0.5, 0.6) is 0 Å². The second-order valence-corrected chi connectivity index (χ2v) is 6.50. The summed E-state index contributed by atoms with van der Waals surface area (Å²) in [5.74, 6) is 0.515. The van der Waals surface area contributed by atoms with E-state index in [0.717, 1.165) is 21.8 Å². The molecule has 5 nitrogen and oxygen atoms in total. The van der Waals surface area contributed by atoms with E-state index in [1.165, 1.54) is 11.3 Å². The van der Waals surface area contributed by atoms with E-state index in [1.807, 2.05) is 42.5 Å². The smallest absolute Gasteiger partial charge is 0.227 e. The number of aromatic nitrogens is 2. The van der Waals surface area contributed by atoms with Crippen LogP contribution < -0.4 is 5.32 Å². The van der Waals surface area contributed by atoms with E-state index in [4.69, 9.17) is 0 Å². The molecule has 1 unspecified atom stereocenters. The molecule has 1 atom stereocenters. The zero-order chi connectivity index (χ0) is 17.1. The van der Waals surface area contributed by atoms with E-state index in [9.17, 15) is 9.90 Å². The van der Waals surface area contributed by atoms with Crippen LogP contribution in [0.4, 0.5) is 11.6 Å². The Hall–Kier alpha value is -2.57. The van der Waals surface area contributed by atoms with Crippen LogP contribution in [0.15, 0.2) is 48.7 Å². The number of aliphatic hydroxyl groups is 1. The lowest BCUT2D eigenvalue weighted by atomic mass is 10.1. The molecule has 0 radical (unpaired) electrons. The first-order valence-corrected chi connectivity index (χ1v) is 8.34. The molecule has 0 spiro atoms. The Bertz CT molecular complexity index is 874. The minimum Gasteiger partial charge on any atom is -0.389 e. The molecule has 0 aliphatic heterocycles. The number of nitrogens with one attached hydrogen (secondary N) is 1. The molecule has 3 rings (SSSR count). The van der Waals surface area contributed by atoms with Crippen LogP contribution >= 0.6 is 11.3 Å². The van der Waals surface area contributed by atoms with Gasteiger partial charge in [0, 0.05) is 11.9 Å². The molecule has 0 aliphatic rings. The summed E-state index contributed by atoms with van der Waals surface area (Å²) in [6, 6.07) is 13.0. The second kappa shape index (κ2) is 6.90. The van der Waals surface area contributed by atoms with Gasteiger partial charge >= 0.3 is 0 Å². The molecule has 0 amide bonds. The molecule has 6 heteroatoms. The first-order valence-electron chi connectivity index (χ1n) is 7.52. The van der Waals surface area contributed by atoms with Crippen molar-refractivity contribution < 1.29 is 9.90 Å². The lowest BCUT2D eigenvalue weighted by Gasteiger charge is -2.09. The molecule has 2 aromatic heterocycles. The number of aliphatic hydroxyl groups excluding tert-OH is 1. The van der Waals surface area contributed by atoms with Crippen molar-refractivity contribution >= 4 is 28.8 Å². The summed E-state index contributed by atoms with van der Waals surface area (Å²) >= 11 is 1.41. The van der Waals surface area contributed by atoms with Crippen molar-refractivity contribution in [2.45, 2.75) is 20.0 Å². The number of thiophene rings is 1. The Morgan fingerprint density at radius 3 is 2.79 bits per heavy atom. The summed E-state index contributed by atoms with van der Waals surface area (Å²) in [6.45, 7) is 3.28. The number of nitrogens with zero attached hydrogens (tertiary/aromatic N) is 2. The van der Waals surface area contributed by atoms with Gasteiger partial charge in [-0.25, -0.2) is 9.97 Å². The van der Waals surface area contributed by atoms with Crippen molar-refractivity contribution in [3.05, 3.63) is 59.1 Å². The van der Waals surface area contributed by atoms with E-state index >= 15 is 0 Å². The first-order chi connectivity index (χ1) is 11.5. The number of Topliss-reactive ketones (excluding diaryl/α,β-unsaturated/α-hetero) is 1. The lowest BCUT2D eigenvalue weighted by molar-refractivity contribution is 0.102. The van der Waals surface area contributed by atoms with E-state index in [1.54, 1.807) is 20.0 Å². The highest BCUT2D eigenvalue weighted by atomic mass is 32.1. The minimum atomic E-state index is -0.532. The molecular formula is C18H17N3O2S. The highest BCUT2D eigenvalue weighted by molar-refractivity contribution is 7.17. The Kier molecular flexibility index (Phi) is 4.69. The highest BCUT2D eigenvalue weighted by Crippen LogP contribution is 2.28. The number of carbonyl (C=O) groups is 1. The number of carbonyl (C=O) groups excluding carboxylic acids is 1. The van der Waals surface area contributed by atoms with Gasteiger partial charge in [0.15, 0.2) is 5.78 Å². The minimum absolute atomic E-state index is 0.0496. The topological polar surface area (TPSA) is 75.1 Å². The molecule has 0 fully saturated rings. The molecule has 1 aromatic carbocycles. The fourth-order valence-corrected chi connectivity index (χ4v) is 3.10. The third kappa shape index (κ3) is 3.67. The van der Waals surface area contributed by atoms with Gasteiger partial charge in [0.25, 0.3) is 0 Å². The van der Waals surface area contributed by atoms with E-state index in [0.29, 0.717) is 10.8 Å². The van der Waals surface area contributed by atoms with Crippen LogP contribution in [0.2, 0.25) is 0 Å². The van der Waals surface area contributed by atoms with Gasteiger partial charge < -0.3 is 10.4 Å². The summed E-state index contributed by atoms with van der Waals surface area (Å²) in [5, 5.41) is 12.8. The average molecular weight is 339 g/mol.